The van der Waals surface area contributed by atoms with Crippen LogP contribution in [0.5, 0.6) is 0 Å². The molecule has 0 radical (unpaired) electrons. The molecule has 2 rings (SSSR count). The van der Waals surface area contributed by atoms with Crippen molar-refractivity contribution in [3.05, 3.63) is 41.0 Å². The fourth-order valence-corrected chi connectivity index (χ4v) is 2.71. The summed E-state index contributed by atoms with van der Waals surface area (Å²) in [5.74, 6) is 1.30. The molecule has 90 valence electrons. The average Bonchev–Trinajstić information content (AvgIpc) is 2.74. The topological polar surface area (TPSA) is 12.9 Å². The van der Waals surface area contributed by atoms with E-state index in [0.29, 0.717) is 11.8 Å². The van der Waals surface area contributed by atoms with Gasteiger partial charge < -0.3 is 0 Å². The number of nitrogens with zero attached hydrogens (tertiary/aromatic N) is 1. The first-order valence-corrected chi connectivity index (χ1v) is 6.98. The highest BCUT2D eigenvalue weighted by molar-refractivity contribution is 7.13. The van der Waals surface area contributed by atoms with Crippen LogP contribution in [0.15, 0.2) is 29.8 Å². The van der Waals surface area contributed by atoms with Crippen LogP contribution in [0, 0.1) is 12.8 Å². The maximum atomic E-state index is 4.30. The summed E-state index contributed by atoms with van der Waals surface area (Å²) in [5, 5.41) is 0. The Morgan fingerprint density at radius 1 is 1.06 bits per heavy atom. The molecule has 1 aromatic heterocycles. The van der Waals surface area contributed by atoms with Crippen molar-refractivity contribution in [2.24, 2.45) is 5.92 Å². The minimum absolute atomic E-state index is 0.617. The van der Waals surface area contributed by atoms with Gasteiger partial charge in [0.05, 0.1) is 16.1 Å². The Bertz CT molecular complexity index is 482. The molecule has 0 saturated carbocycles. The summed E-state index contributed by atoms with van der Waals surface area (Å²) in [6.45, 7) is 8.89. The second kappa shape index (κ2) is 5.01. The zero-order chi connectivity index (χ0) is 12.4. The molecule has 17 heavy (non-hydrogen) atoms. The third-order valence-electron chi connectivity index (χ3n) is 3.44. The Kier molecular flexibility index (Phi) is 3.63. The Hall–Kier alpha value is -1.15. The summed E-state index contributed by atoms with van der Waals surface area (Å²) in [4.78, 5) is 5.58. The molecule has 1 nitrogen and oxygen atoms in total. The van der Waals surface area contributed by atoms with E-state index in [1.165, 1.54) is 16.0 Å². The molecule has 0 N–H and O–H groups in total. The Labute approximate surface area is 108 Å². The average molecular weight is 245 g/mol. The van der Waals surface area contributed by atoms with Crippen LogP contribution in [0.4, 0.5) is 0 Å². The summed E-state index contributed by atoms with van der Waals surface area (Å²) in [5.41, 5.74) is 5.74. The second-order valence-electron chi connectivity index (χ2n) is 4.92. The van der Waals surface area contributed by atoms with Crippen LogP contribution < -0.4 is 0 Å². The number of benzene rings is 1. The van der Waals surface area contributed by atoms with Crippen LogP contribution >= 0.6 is 11.3 Å². The van der Waals surface area contributed by atoms with Gasteiger partial charge in [0.25, 0.3) is 0 Å². The van der Waals surface area contributed by atoms with E-state index < -0.39 is 0 Å². The maximum absolute atomic E-state index is 4.30. The van der Waals surface area contributed by atoms with Gasteiger partial charge in [-0.05, 0) is 29.9 Å². The summed E-state index contributed by atoms with van der Waals surface area (Å²) in [7, 11) is 0. The van der Waals surface area contributed by atoms with Gasteiger partial charge in [-0.1, -0.05) is 45.0 Å². The highest BCUT2D eigenvalue weighted by atomic mass is 32.1. The Morgan fingerprint density at radius 2 is 1.71 bits per heavy atom. The third-order valence-corrected chi connectivity index (χ3v) is 4.42. The molecular weight excluding hydrogens is 226 g/mol. The summed E-state index contributed by atoms with van der Waals surface area (Å²) < 4.78 is 0. The molecule has 0 aliphatic carbocycles. The molecule has 2 heteroatoms. The van der Waals surface area contributed by atoms with Crippen LogP contribution in [-0.2, 0) is 0 Å². The first kappa shape index (κ1) is 12.3. The van der Waals surface area contributed by atoms with Crippen LogP contribution in [0.2, 0.25) is 0 Å². The second-order valence-corrected chi connectivity index (χ2v) is 5.78. The molecule has 0 aliphatic heterocycles. The van der Waals surface area contributed by atoms with E-state index >= 15 is 0 Å². The normalized spacial score (nSPS) is 13.0. The molecule has 1 heterocycles. The van der Waals surface area contributed by atoms with Crippen molar-refractivity contribution >= 4 is 11.3 Å². The molecule has 0 spiro atoms. The molecule has 1 atom stereocenters. The highest BCUT2D eigenvalue weighted by Crippen LogP contribution is 2.30. The summed E-state index contributed by atoms with van der Waals surface area (Å²) >= 11 is 1.71. The standard InChI is InChI=1S/C15H19NS/c1-10(2)11(3)13-5-7-14(8-6-13)15-12(4)16-9-17-15/h5-11H,1-4H3/t11-/m1/s1. The molecular formula is C15H19NS. The first-order chi connectivity index (χ1) is 8.09. The van der Waals surface area contributed by atoms with Gasteiger partial charge in [-0.3, -0.25) is 0 Å². The van der Waals surface area contributed by atoms with E-state index in [2.05, 4.69) is 56.9 Å². The highest BCUT2D eigenvalue weighted by Gasteiger charge is 2.10. The van der Waals surface area contributed by atoms with Gasteiger partial charge in [0.2, 0.25) is 0 Å². The van der Waals surface area contributed by atoms with Crippen molar-refractivity contribution in [1.82, 2.24) is 4.98 Å². The van der Waals surface area contributed by atoms with Gasteiger partial charge in [-0.2, -0.15) is 0 Å². The SMILES string of the molecule is Cc1ncsc1-c1ccc([C@H](C)C(C)C)cc1. The fourth-order valence-electron chi connectivity index (χ4n) is 1.90. The van der Waals surface area contributed by atoms with Crippen molar-refractivity contribution < 1.29 is 0 Å². The van der Waals surface area contributed by atoms with Gasteiger partial charge in [0, 0.05) is 0 Å². The predicted octanol–water partition coefficient (Wildman–Crippen LogP) is 4.88. The zero-order valence-electron chi connectivity index (χ0n) is 10.9. The number of hydrogen-bond acceptors (Lipinski definition) is 2. The quantitative estimate of drug-likeness (QED) is 0.751. The van der Waals surface area contributed by atoms with E-state index in [-0.39, 0.29) is 0 Å². The molecule has 0 saturated heterocycles. The Morgan fingerprint density at radius 3 is 2.18 bits per heavy atom. The molecule has 0 aliphatic rings. The molecule has 2 aromatic rings. The number of aryl methyl sites for hydroxylation is 1. The van der Waals surface area contributed by atoms with Gasteiger partial charge >= 0.3 is 0 Å². The van der Waals surface area contributed by atoms with Crippen LogP contribution in [0.1, 0.15) is 37.9 Å². The number of aromatic nitrogens is 1. The lowest BCUT2D eigenvalue weighted by molar-refractivity contribution is 0.535. The lowest BCUT2D eigenvalue weighted by Crippen LogP contribution is -2.01. The molecule has 1 aromatic carbocycles. The number of hydrogen-bond donors (Lipinski definition) is 0. The zero-order valence-corrected chi connectivity index (χ0v) is 11.7. The Balaban J connectivity index is 2.28. The minimum atomic E-state index is 0.617. The van der Waals surface area contributed by atoms with Gasteiger partial charge in [0.1, 0.15) is 0 Å². The number of thiazole rings is 1. The molecule has 0 fully saturated rings. The van der Waals surface area contributed by atoms with Crippen molar-refractivity contribution in [2.45, 2.75) is 33.6 Å². The largest absolute Gasteiger partial charge is 0.249 e. The van der Waals surface area contributed by atoms with Gasteiger partial charge in [-0.15, -0.1) is 11.3 Å². The summed E-state index contributed by atoms with van der Waals surface area (Å²) in [6.07, 6.45) is 0. The van der Waals surface area contributed by atoms with E-state index in [1.807, 2.05) is 5.51 Å². The van der Waals surface area contributed by atoms with E-state index in [0.717, 1.165) is 5.69 Å². The van der Waals surface area contributed by atoms with Crippen molar-refractivity contribution in [3.63, 3.8) is 0 Å². The van der Waals surface area contributed by atoms with Gasteiger partial charge in [-0.25, -0.2) is 4.98 Å². The summed E-state index contributed by atoms with van der Waals surface area (Å²) in [6, 6.07) is 8.93. The van der Waals surface area contributed by atoms with E-state index in [4.69, 9.17) is 0 Å². The lowest BCUT2D eigenvalue weighted by atomic mass is 9.90. The van der Waals surface area contributed by atoms with E-state index in [9.17, 15) is 0 Å². The lowest BCUT2D eigenvalue weighted by Gasteiger charge is -2.16. The predicted molar refractivity (Wildman–Crippen MR) is 75.5 cm³/mol. The monoisotopic (exact) mass is 245 g/mol. The van der Waals surface area contributed by atoms with E-state index in [1.54, 1.807) is 11.3 Å². The third kappa shape index (κ3) is 2.58. The van der Waals surface area contributed by atoms with Crippen LogP contribution in [0.3, 0.4) is 0 Å². The fraction of sp³-hybridized carbons (Fsp3) is 0.400. The molecule has 0 amide bonds. The van der Waals surface area contributed by atoms with Crippen LogP contribution in [-0.4, -0.2) is 4.98 Å². The van der Waals surface area contributed by atoms with Crippen molar-refractivity contribution in [2.75, 3.05) is 0 Å². The smallest absolute Gasteiger partial charge is 0.0801 e. The number of rotatable bonds is 3. The van der Waals surface area contributed by atoms with Crippen molar-refractivity contribution in [1.29, 1.82) is 0 Å². The first-order valence-electron chi connectivity index (χ1n) is 6.10. The maximum Gasteiger partial charge on any atom is 0.0801 e. The van der Waals surface area contributed by atoms with Crippen LogP contribution in [0.25, 0.3) is 10.4 Å². The van der Waals surface area contributed by atoms with Crippen molar-refractivity contribution in [3.8, 4) is 10.4 Å². The molecule has 0 bridgehead atoms. The molecule has 0 unspecified atom stereocenters. The minimum Gasteiger partial charge on any atom is -0.249 e. The van der Waals surface area contributed by atoms with Gasteiger partial charge in [0.15, 0.2) is 0 Å².